The first-order valence-electron chi connectivity index (χ1n) is 6.48. The molecule has 1 nitrogen and oxygen atoms in total. The van der Waals surface area contributed by atoms with Crippen molar-refractivity contribution in [2.45, 2.75) is 39.0 Å². The molecule has 0 saturated heterocycles. The van der Waals surface area contributed by atoms with E-state index < -0.39 is 0 Å². The highest BCUT2D eigenvalue weighted by Gasteiger charge is 2.06. The van der Waals surface area contributed by atoms with Crippen molar-refractivity contribution in [2.75, 3.05) is 0 Å². The van der Waals surface area contributed by atoms with Crippen LogP contribution < -0.4 is 0 Å². The molecule has 0 aromatic carbocycles. The first-order valence-corrected chi connectivity index (χ1v) is 6.48. The fourth-order valence-corrected chi connectivity index (χ4v) is 2.04. The highest BCUT2D eigenvalue weighted by molar-refractivity contribution is 5.26. The van der Waals surface area contributed by atoms with Gasteiger partial charge in [0.1, 0.15) is 11.5 Å². The molecule has 0 amide bonds. The Morgan fingerprint density at radius 2 is 2.18 bits per heavy atom. The van der Waals surface area contributed by atoms with Gasteiger partial charge in [-0.05, 0) is 43.9 Å². The van der Waals surface area contributed by atoms with E-state index in [0.29, 0.717) is 0 Å². The zero-order chi connectivity index (χ0) is 11.9. The lowest BCUT2D eigenvalue weighted by Gasteiger charge is -2.09. The highest BCUT2D eigenvalue weighted by atomic mass is 16.5. The molecule has 90 valence electrons. The van der Waals surface area contributed by atoms with Crippen LogP contribution in [-0.2, 0) is 4.74 Å². The predicted molar refractivity (Wildman–Crippen MR) is 72.4 cm³/mol. The average molecular weight is 228 g/mol. The van der Waals surface area contributed by atoms with Crippen LogP contribution in [0.15, 0.2) is 59.6 Å². The number of hydrogen-bond donors (Lipinski definition) is 0. The Labute approximate surface area is 104 Å². The van der Waals surface area contributed by atoms with E-state index in [4.69, 9.17) is 4.74 Å². The van der Waals surface area contributed by atoms with Gasteiger partial charge in [-0.3, -0.25) is 0 Å². The zero-order valence-electron chi connectivity index (χ0n) is 10.5. The summed E-state index contributed by atoms with van der Waals surface area (Å²) < 4.78 is 5.97. The smallest absolute Gasteiger partial charge is 0.122 e. The van der Waals surface area contributed by atoms with Crippen LogP contribution in [0.1, 0.15) is 39.0 Å². The molecule has 1 heteroatoms. The Kier molecular flexibility index (Phi) is 4.43. The van der Waals surface area contributed by atoms with Crippen molar-refractivity contribution in [3.63, 3.8) is 0 Å². The largest absolute Gasteiger partial charge is 0.462 e. The molecule has 2 aliphatic carbocycles. The third-order valence-electron chi connectivity index (χ3n) is 3.06. The number of rotatable bonds is 3. The summed E-state index contributed by atoms with van der Waals surface area (Å²) in [5.74, 6) is 2.05. The fourth-order valence-electron chi connectivity index (χ4n) is 2.04. The first-order chi connectivity index (χ1) is 8.38. The van der Waals surface area contributed by atoms with Crippen LogP contribution in [0.25, 0.3) is 0 Å². The Hall–Kier alpha value is -1.50. The summed E-state index contributed by atoms with van der Waals surface area (Å²) in [5, 5.41) is 0. The molecule has 0 saturated carbocycles. The normalized spacial score (nSPS) is 19.9. The van der Waals surface area contributed by atoms with Gasteiger partial charge in [0, 0.05) is 6.42 Å². The van der Waals surface area contributed by atoms with Crippen LogP contribution in [0, 0.1) is 0 Å². The van der Waals surface area contributed by atoms with Crippen LogP contribution in [0.5, 0.6) is 0 Å². The van der Waals surface area contributed by atoms with E-state index in [1.807, 2.05) is 18.2 Å². The number of allylic oxidation sites excluding steroid dienone is 8. The van der Waals surface area contributed by atoms with Crippen molar-refractivity contribution >= 4 is 0 Å². The topological polar surface area (TPSA) is 9.23 Å². The van der Waals surface area contributed by atoms with Gasteiger partial charge >= 0.3 is 0 Å². The Morgan fingerprint density at radius 1 is 1.24 bits per heavy atom. The third-order valence-corrected chi connectivity index (χ3v) is 3.06. The fraction of sp³-hybridized carbons (Fsp3) is 0.375. The van der Waals surface area contributed by atoms with Crippen LogP contribution in [-0.4, -0.2) is 0 Å². The monoisotopic (exact) mass is 228 g/mol. The first kappa shape index (κ1) is 12.0. The van der Waals surface area contributed by atoms with Crippen molar-refractivity contribution in [1.29, 1.82) is 0 Å². The molecule has 0 heterocycles. The molecule has 2 rings (SSSR count). The lowest BCUT2D eigenvalue weighted by molar-refractivity contribution is 0.311. The predicted octanol–water partition coefficient (Wildman–Crippen LogP) is 4.81. The molecule has 0 atom stereocenters. The molecule has 0 aliphatic heterocycles. The summed E-state index contributed by atoms with van der Waals surface area (Å²) in [7, 11) is 0. The molecule has 0 unspecified atom stereocenters. The van der Waals surface area contributed by atoms with E-state index in [-0.39, 0.29) is 0 Å². The van der Waals surface area contributed by atoms with E-state index in [9.17, 15) is 0 Å². The summed E-state index contributed by atoms with van der Waals surface area (Å²) in [6.45, 7) is 2.21. The minimum atomic E-state index is 0.875. The van der Waals surface area contributed by atoms with Gasteiger partial charge in [0.2, 0.25) is 0 Å². The van der Waals surface area contributed by atoms with Crippen molar-refractivity contribution < 1.29 is 4.74 Å². The second-order valence-corrected chi connectivity index (χ2v) is 4.41. The summed E-state index contributed by atoms with van der Waals surface area (Å²) in [4.78, 5) is 0. The molecule has 0 fully saturated rings. The molecule has 17 heavy (non-hydrogen) atoms. The van der Waals surface area contributed by atoms with Gasteiger partial charge in [-0.1, -0.05) is 36.8 Å². The molecule has 2 aliphatic rings. The zero-order valence-corrected chi connectivity index (χ0v) is 10.5. The summed E-state index contributed by atoms with van der Waals surface area (Å²) in [6, 6.07) is 0. The number of ether oxygens (including phenoxy) is 1. The van der Waals surface area contributed by atoms with Gasteiger partial charge in [-0.25, -0.2) is 0 Å². The van der Waals surface area contributed by atoms with Crippen molar-refractivity contribution in [2.24, 2.45) is 0 Å². The summed E-state index contributed by atoms with van der Waals surface area (Å²) in [5.41, 5.74) is 1.49. The average Bonchev–Trinajstić information content (AvgIpc) is 2.72. The van der Waals surface area contributed by atoms with E-state index in [1.54, 1.807) is 0 Å². The van der Waals surface area contributed by atoms with Crippen LogP contribution in [0.3, 0.4) is 0 Å². The van der Waals surface area contributed by atoms with Crippen molar-refractivity contribution in [3.05, 3.63) is 59.6 Å². The maximum Gasteiger partial charge on any atom is 0.122 e. The van der Waals surface area contributed by atoms with E-state index >= 15 is 0 Å². The molecule has 0 aromatic heterocycles. The standard InChI is InChI=1S/C16H20O/c1-2-14-9-7-8-12-16(13-14)17-15-10-5-3-4-6-11-15/h3-6,10,12-13H,2,7-9,11H2,1H3. The second-order valence-electron chi connectivity index (χ2n) is 4.41. The molecule has 0 aromatic rings. The summed E-state index contributed by atoms with van der Waals surface area (Å²) in [6.07, 6.45) is 20.3. The van der Waals surface area contributed by atoms with Gasteiger partial charge in [0.05, 0.1) is 0 Å². The lowest BCUT2D eigenvalue weighted by Crippen LogP contribution is -1.91. The SMILES string of the molecule is CCC1=CC(OC2=CC=CC=CC2)=CCCC1. The van der Waals surface area contributed by atoms with Crippen molar-refractivity contribution in [1.82, 2.24) is 0 Å². The van der Waals surface area contributed by atoms with Gasteiger partial charge in [-0.15, -0.1) is 0 Å². The van der Waals surface area contributed by atoms with Crippen molar-refractivity contribution in [3.8, 4) is 0 Å². The maximum absolute atomic E-state index is 5.97. The lowest BCUT2D eigenvalue weighted by atomic mass is 10.1. The van der Waals surface area contributed by atoms with Crippen LogP contribution in [0.2, 0.25) is 0 Å². The Balaban J connectivity index is 2.06. The van der Waals surface area contributed by atoms with Gasteiger partial charge in [0.25, 0.3) is 0 Å². The van der Waals surface area contributed by atoms with Gasteiger partial charge in [-0.2, -0.15) is 0 Å². The molecule has 0 spiro atoms. The molecular formula is C16H20O. The molecule has 0 radical (unpaired) electrons. The molecule has 0 N–H and O–H groups in total. The maximum atomic E-state index is 5.97. The van der Waals surface area contributed by atoms with E-state index in [1.165, 1.54) is 18.4 Å². The van der Waals surface area contributed by atoms with Gasteiger partial charge in [0.15, 0.2) is 0 Å². The number of hydrogen-bond acceptors (Lipinski definition) is 1. The summed E-state index contributed by atoms with van der Waals surface area (Å²) >= 11 is 0. The van der Waals surface area contributed by atoms with Gasteiger partial charge < -0.3 is 4.74 Å². The van der Waals surface area contributed by atoms with E-state index in [2.05, 4.69) is 31.2 Å². The second kappa shape index (κ2) is 6.29. The minimum Gasteiger partial charge on any atom is -0.462 e. The minimum absolute atomic E-state index is 0.875. The third kappa shape index (κ3) is 3.77. The molecule has 0 bridgehead atoms. The Morgan fingerprint density at radius 3 is 3.06 bits per heavy atom. The Bertz CT molecular complexity index is 405. The van der Waals surface area contributed by atoms with E-state index in [0.717, 1.165) is 30.8 Å². The highest BCUT2D eigenvalue weighted by Crippen LogP contribution is 2.23. The van der Waals surface area contributed by atoms with Crippen LogP contribution >= 0.6 is 0 Å². The molecular weight excluding hydrogens is 208 g/mol. The quantitative estimate of drug-likeness (QED) is 0.673. The van der Waals surface area contributed by atoms with Crippen LogP contribution in [0.4, 0.5) is 0 Å².